The zero-order valence-corrected chi connectivity index (χ0v) is 8.94. The summed E-state index contributed by atoms with van der Waals surface area (Å²) in [5.74, 6) is 0.127. The summed E-state index contributed by atoms with van der Waals surface area (Å²) < 4.78 is 5.19. The van der Waals surface area contributed by atoms with E-state index in [2.05, 4.69) is 4.84 Å². The lowest BCUT2D eigenvalue weighted by molar-refractivity contribution is -0.492. The second-order valence-corrected chi connectivity index (χ2v) is 3.13. The van der Waals surface area contributed by atoms with Crippen LogP contribution in [0.5, 0.6) is 11.5 Å². The molecule has 3 N–H and O–H groups in total. The van der Waals surface area contributed by atoms with Crippen LogP contribution in [0.3, 0.4) is 0 Å². The molecule has 17 heavy (non-hydrogen) atoms. The molecule has 7 heteroatoms. The van der Waals surface area contributed by atoms with Crippen LogP contribution in [-0.4, -0.2) is 40.4 Å². The van der Waals surface area contributed by atoms with Gasteiger partial charge < -0.3 is 9.84 Å². The molecule has 0 aliphatic rings. The maximum absolute atomic E-state index is 10.4. The fourth-order valence-corrected chi connectivity index (χ4v) is 1.12. The second-order valence-electron chi connectivity index (χ2n) is 3.13. The van der Waals surface area contributed by atoms with Crippen molar-refractivity contribution in [2.45, 2.75) is 6.42 Å². The molecule has 0 saturated heterocycles. The van der Waals surface area contributed by atoms with E-state index in [1.54, 1.807) is 0 Å². The van der Waals surface area contributed by atoms with Crippen molar-refractivity contribution in [3.8, 4) is 11.5 Å². The first-order valence-corrected chi connectivity index (χ1v) is 4.85. The van der Waals surface area contributed by atoms with Crippen molar-refractivity contribution < 1.29 is 29.9 Å². The molecule has 0 amide bonds. The van der Waals surface area contributed by atoms with Crippen LogP contribution in [0, 0.1) is 0 Å². The number of ether oxygens (including phenoxy) is 1. The van der Waals surface area contributed by atoms with Crippen molar-refractivity contribution in [3.05, 3.63) is 23.8 Å². The predicted octanol–water partition coefficient (Wildman–Crippen LogP) is 0.986. The van der Waals surface area contributed by atoms with Gasteiger partial charge in [-0.15, -0.1) is 0 Å². The second kappa shape index (κ2) is 6.81. The third-order valence-corrected chi connectivity index (χ3v) is 1.87. The number of phenolic OH excluding ortho intramolecular Hbond substituents is 1. The summed E-state index contributed by atoms with van der Waals surface area (Å²) in [7, 11) is 0. The van der Waals surface area contributed by atoms with E-state index in [1.807, 2.05) is 0 Å². The van der Waals surface area contributed by atoms with Gasteiger partial charge in [0.25, 0.3) is 0 Å². The molecule has 0 bridgehead atoms. The van der Waals surface area contributed by atoms with Crippen molar-refractivity contribution >= 4 is 6.29 Å². The minimum Gasteiger partial charge on any atom is -0.504 e. The van der Waals surface area contributed by atoms with Crippen molar-refractivity contribution in [2.24, 2.45) is 0 Å². The number of hydrogen-bond donors (Lipinski definition) is 3. The van der Waals surface area contributed by atoms with Gasteiger partial charge >= 0.3 is 0 Å². The largest absolute Gasteiger partial charge is 0.504 e. The Morgan fingerprint density at radius 3 is 2.65 bits per heavy atom. The first kappa shape index (κ1) is 13.4. The van der Waals surface area contributed by atoms with E-state index in [9.17, 15) is 9.90 Å². The van der Waals surface area contributed by atoms with Crippen LogP contribution in [-0.2, 0) is 4.84 Å². The fourth-order valence-electron chi connectivity index (χ4n) is 1.12. The Morgan fingerprint density at radius 2 is 2.06 bits per heavy atom. The Morgan fingerprint density at radius 1 is 1.29 bits per heavy atom. The molecular weight excluding hydrogens is 230 g/mol. The average molecular weight is 243 g/mol. The number of hydrogen-bond acceptors (Lipinski definition) is 7. The molecule has 0 heterocycles. The maximum Gasteiger partial charge on any atom is 0.160 e. The van der Waals surface area contributed by atoms with Crippen LogP contribution in [0.1, 0.15) is 16.8 Å². The summed E-state index contributed by atoms with van der Waals surface area (Å²) in [5.41, 5.74) is 0.356. The van der Waals surface area contributed by atoms with Crippen molar-refractivity contribution in [1.29, 1.82) is 0 Å². The Balaban J connectivity index is 2.34. The molecule has 0 radical (unpaired) electrons. The lowest BCUT2D eigenvalue weighted by atomic mass is 10.2. The van der Waals surface area contributed by atoms with Crippen LogP contribution in [0.2, 0.25) is 0 Å². The predicted molar refractivity (Wildman–Crippen MR) is 55.0 cm³/mol. The van der Waals surface area contributed by atoms with Crippen LogP contribution >= 0.6 is 0 Å². The van der Waals surface area contributed by atoms with Gasteiger partial charge in [0.2, 0.25) is 0 Å². The molecule has 0 aliphatic heterocycles. The Labute approximate surface area is 97.3 Å². The van der Waals surface area contributed by atoms with Gasteiger partial charge in [-0.25, -0.2) is 0 Å². The lowest BCUT2D eigenvalue weighted by Crippen LogP contribution is -2.16. The highest BCUT2D eigenvalue weighted by Gasteiger charge is 2.03. The van der Waals surface area contributed by atoms with Gasteiger partial charge in [0, 0.05) is 12.0 Å². The summed E-state index contributed by atoms with van der Waals surface area (Å²) in [6.45, 7) is 0.280. The van der Waals surface area contributed by atoms with E-state index in [4.69, 9.17) is 15.2 Å². The quantitative estimate of drug-likeness (QED) is 0.373. The number of aldehydes is 1. The van der Waals surface area contributed by atoms with Crippen LogP contribution in [0.15, 0.2) is 18.2 Å². The molecule has 7 nitrogen and oxygen atoms in total. The minimum absolute atomic E-state index is 0.0557. The van der Waals surface area contributed by atoms with Crippen molar-refractivity contribution in [2.75, 3.05) is 13.2 Å². The highest BCUT2D eigenvalue weighted by molar-refractivity contribution is 5.76. The van der Waals surface area contributed by atoms with Crippen molar-refractivity contribution in [3.63, 3.8) is 0 Å². The summed E-state index contributed by atoms with van der Waals surface area (Å²) in [6.07, 6.45) is 1.01. The van der Waals surface area contributed by atoms with E-state index in [0.717, 1.165) is 0 Å². The van der Waals surface area contributed by atoms with Gasteiger partial charge in [-0.1, -0.05) is 0 Å². The molecule has 0 spiro atoms. The number of rotatable bonds is 7. The monoisotopic (exact) mass is 243 g/mol. The smallest absolute Gasteiger partial charge is 0.160 e. The highest BCUT2D eigenvalue weighted by atomic mass is 17.1. The Kier molecular flexibility index (Phi) is 5.37. The zero-order chi connectivity index (χ0) is 12.7. The number of phenols is 1. The fraction of sp³-hybridized carbons (Fsp3) is 0.300. The Bertz CT molecular complexity index is 368. The zero-order valence-electron chi connectivity index (χ0n) is 8.94. The molecule has 0 unspecified atom stereocenters. The highest BCUT2D eigenvalue weighted by Crippen LogP contribution is 2.26. The summed E-state index contributed by atoms with van der Waals surface area (Å²) in [6, 6.07) is 4.29. The molecule has 94 valence electrons. The van der Waals surface area contributed by atoms with Gasteiger partial charge in [0.15, 0.2) is 11.5 Å². The number of carbonyl (C=O) groups is 1. The van der Waals surface area contributed by atoms with Gasteiger partial charge in [0.05, 0.1) is 18.6 Å². The third-order valence-electron chi connectivity index (χ3n) is 1.87. The third kappa shape index (κ3) is 4.79. The first-order chi connectivity index (χ1) is 8.13. The topological polar surface area (TPSA) is 99.5 Å². The van der Waals surface area contributed by atoms with E-state index >= 15 is 0 Å². The van der Waals surface area contributed by atoms with Gasteiger partial charge in [-0.2, -0.15) is 0 Å². The molecule has 0 aliphatic carbocycles. The number of carbonyl (C=O) groups excluding carboxylic acids is 1. The summed E-state index contributed by atoms with van der Waals surface area (Å²) >= 11 is 0. The molecule has 1 aromatic rings. The standard InChI is InChI=1S/C10H13NO6/c12-7-8-2-3-10(9(13)6-8)16-4-1-5-17-11(14)15/h2-3,6-7,13-15H,1,4-5H2. The van der Waals surface area contributed by atoms with Crippen LogP contribution < -0.4 is 4.74 Å². The number of benzene rings is 1. The number of nitrogens with zero attached hydrogens (tertiary/aromatic N) is 1. The van der Waals surface area contributed by atoms with Gasteiger partial charge in [0.1, 0.15) is 6.29 Å². The molecule has 0 aromatic heterocycles. The molecule has 0 fully saturated rings. The molecule has 0 atom stereocenters. The lowest BCUT2D eigenvalue weighted by Gasteiger charge is -2.09. The van der Waals surface area contributed by atoms with Gasteiger partial charge in [-0.05, 0) is 18.2 Å². The van der Waals surface area contributed by atoms with E-state index in [0.29, 0.717) is 18.3 Å². The molecular formula is C10H13NO6. The number of aromatic hydroxyl groups is 1. The first-order valence-electron chi connectivity index (χ1n) is 4.85. The summed E-state index contributed by atoms with van der Waals surface area (Å²) in [5, 5.41) is 25.5. The SMILES string of the molecule is O=Cc1ccc(OCCCON(O)O)c(O)c1. The average Bonchev–Trinajstić information content (AvgIpc) is 2.30. The van der Waals surface area contributed by atoms with Crippen LogP contribution in [0.25, 0.3) is 0 Å². The minimum atomic E-state index is -0.379. The summed E-state index contributed by atoms with van der Waals surface area (Å²) in [4.78, 5) is 14.7. The molecule has 1 aromatic carbocycles. The van der Waals surface area contributed by atoms with Crippen LogP contribution in [0.4, 0.5) is 0 Å². The van der Waals surface area contributed by atoms with E-state index < -0.39 is 0 Å². The normalized spacial score (nSPS) is 10.5. The van der Waals surface area contributed by atoms with E-state index in [-0.39, 0.29) is 30.1 Å². The molecule has 1 rings (SSSR count). The van der Waals surface area contributed by atoms with Crippen molar-refractivity contribution in [1.82, 2.24) is 5.39 Å². The van der Waals surface area contributed by atoms with Gasteiger partial charge in [-0.3, -0.25) is 20.0 Å². The molecule has 0 saturated carbocycles. The maximum atomic E-state index is 10.4. The Hall–Kier alpha value is -1.67. The van der Waals surface area contributed by atoms with E-state index in [1.165, 1.54) is 18.2 Å².